The molecule has 13 nitrogen and oxygen atoms in total. The van der Waals surface area contributed by atoms with Crippen molar-refractivity contribution >= 4 is 57.8 Å². The summed E-state index contributed by atoms with van der Waals surface area (Å²) in [6.45, 7) is 0. The summed E-state index contributed by atoms with van der Waals surface area (Å²) in [6, 6.07) is -0.977. The van der Waals surface area contributed by atoms with Crippen molar-refractivity contribution in [1.82, 2.24) is 35.4 Å². The minimum absolute atomic E-state index is 0. The first-order valence-electron chi connectivity index (χ1n) is 8.70. The van der Waals surface area contributed by atoms with E-state index in [1.54, 1.807) is 7.05 Å². The molecule has 2 aliphatic heterocycles. The summed E-state index contributed by atoms with van der Waals surface area (Å²) in [5.74, 6) is -2.33. The monoisotopic (exact) mass is 506 g/mol. The van der Waals surface area contributed by atoms with E-state index in [1.807, 2.05) is 0 Å². The van der Waals surface area contributed by atoms with Crippen LogP contribution in [0.2, 0.25) is 0 Å². The fraction of sp³-hybridized carbons (Fsp3) is 0.400. The molecule has 0 bridgehead atoms. The van der Waals surface area contributed by atoms with E-state index in [-0.39, 0.29) is 51.8 Å². The maximum Gasteiger partial charge on any atom is 1.00 e. The van der Waals surface area contributed by atoms with Gasteiger partial charge in [0.2, 0.25) is 5.16 Å². The number of nitrogens with two attached hydrogens (primary N) is 1. The van der Waals surface area contributed by atoms with Gasteiger partial charge in [-0.1, -0.05) is 11.8 Å². The second-order valence-electron chi connectivity index (χ2n) is 6.52. The van der Waals surface area contributed by atoms with Crippen LogP contribution in [0.15, 0.2) is 21.8 Å². The number of aliphatic hydroxyl groups is 1. The van der Waals surface area contributed by atoms with Gasteiger partial charge in [-0.05, 0) is 16.0 Å². The molecular weight excluding hydrogens is 491 g/mol. The molecule has 0 aliphatic carbocycles. The first-order chi connectivity index (χ1) is 14.8. The van der Waals surface area contributed by atoms with Crippen LogP contribution < -0.4 is 45.7 Å². The molecule has 0 saturated carbocycles. The Hall–Kier alpha value is -1.69. The van der Waals surface area contributed by atoms with Gasteiger partial charge in [0.05, 0.1) is 17.4 Å². The zero-order chi connectivity index (χ0) is 22.3. The summed E-state index contributed by atoms with van der Waals surface area (Å²) in [6.07, 6.45) is -1.59. The van der Waals surface area contributed by atoms with E-state index in [9.17, 15) is 24.6 Å². The summed E-state index contributed by atoms with van der Waals surface area (Å²) in [5.41, 5.74) is 5.86. The smallest absolute Gasteiger partial charge is 0.543 e. The van der Waals surface area contributed by atoms with Crippen LogP contribution >= 0.6 is 34.9 Å². The minimum Gasteiger partial charge on any atom is -0.543 e. The second-order valence-corrected chi connectivity index (χ2v) is 9.46. The Kier molecular flexibility index (Phi) is 7.85. The number of carboxylic acids is 1. The van der Waals surface area contributed by atoms with E-state index in [0.29, 0.717) is 16.5 Å². The number of tetrazole rings is 1. The van der Waals surface area contributed by atoms with Crippen LogP contribution in [0, 0.1) is 0 Å². The van der Waals surface area contributed by atoms with Crippen LogP contribution in [0.1, 0.15) is 11.8 Å². The first-order valence-corrected chi connectivity index (χ1v) is 11.6. The predicted molar refractivity (Wildman–Crippen MR) is 108 cm³/mol. The zero-order valence-electron chi connectivity index (χ0n) is 16.8. The molecule has 0 spiro atoms. The van der Waals surface area contributed by atoms with Gasteiger partial charge in [0.15, 0.2) is 11.2 Å². The summed E-state index contributed by atoms with van der Waals surface area (Å²) in [5, 5.41) is 36.9. The van der Waals surface area contributed by atoms with Crippen molar-refractivity contribution in [3.63, 3.8) is 0 Å². The number of β-lactam (4-membered cyclic amide) rings is 1. The zero-order valence-corrected chi connectivity index (χ0v) is 21.2. The summed E-state index contributed by atoms with van der Waals surface area (Å²) in [7, 11) is 1.66. The number of hydrogen-bond acceptors (Lipinski definition) is 13. The van der Waals surface area contributed by atoms with Gasteiger partial charge in [-0.25, -0.2) is 9.67 Å². The van der Waals surface area contributed by atoms with Gasteiger partial charge >= 0.3 is 29.6 Å². The molecule has 32 heavy (non-hydrogen) atoms. The Labute approximate surface area is 215 Å². The predicted octanol–water partition coefficient (Wildman–Crippen LogP) is -5.52. The molecule has 164 valence electrons. The number of amides is 2. The number of rotatable bonds is 7. The Balaban J connectivity index is 0.00000289. The topological polar surface area (TPSA) is 192 Å². The molecule has 0 radical (unpaired) electrons. The molecule has 0 aromatic carbocycles. The van der Waals surface area contributed by atoms with Gasteiger partial charge in [-0.15, -0.1) is 28.2 Å². The maximum absolute atomic E-state index is 12.7. The Bertz CT molecular complexity index is 1090. The van der Waals surface area contributed by atoms with Crippen molar-refractivity contribution in [2.75, 3.05) is 17.2 Å². The van der Waals surface area contributed by atoms with E-state index in [4.69, 9.17) is 5.73 Å². The SMILES string of the molecule is Cn1nnnc1SCC1=C(C(=O)[O-])N2C(=O)[C@@H](NC(=O)C(O)c3csc(N)n3)[C@H]2SC1.[Na+]. The standard InChI is InChI=1S/C15H16N8O5S3.Na/c1-22-15(19-20-21-22)31-3-5-2-29-12-7(11(26)23(12)8(5)13(27)28)18-10(25)9(24)6-4-30-14(16)17-6;/h4,7,9,12,24H,2-3H2,1H3,(H2,16,17)(H,18,25)(H,27,28);/q;+1/p-1/t7-,9?,12-;/m1./s1. The van der Waals surface area contributed by atoms with Gasteiger partial charge < -0.3 is 26.1 Å². The molecule has 1 unspecified atom stereocenters. The number of nitrogens with one attached hydrogen (secondary N) is 1. The molecule has 1 saturated heterocycles. The molecule has 2 aromatic rings. The molecule has 3 atom stereocenters. The summed E-state index contributed by atoms with van der Waals surface area (Å²) in [4.78, 5) is 41.7. The third-order valence-corrected chi connectivity index (χ3v) is 7.69. The minimum atomic E-state index is -1.59. The number of hydrogen-bond donors (Lipinski definition) is 3. The molecule has 2 aromatic heterocycles. The number of aryl methyl sites for hydroxylation is 1. The van der Waals surface area contributed by atoms with Crippen molar-refractivity contribution in [2.45, 2.75) is 22.7 Å². The van der Waals surface area contributed by atoms with Crippen molar-refractivity contribution in [2.24, 2.45) is 7.05 Å². The fourth-order valence-corrected chi connectivity index (χ4v) is 5.99. The number of fused-ring (bicyclic) bond motifs is 1. The number of thioether (sulfide) groups is 2. The van der Waals surface area contributed by atoms with Crippen molar-refractivity contribution < 1.29 is 54.2 Å². The molecule has 2 aliphatic rings. The second kappa shape index (κ2) is 10.1. The quantitative estimate of drug-likeness (QED) is 0.184. The van der Waals surface area contributed by atoms with Gasteiger partial charge in [-0.2, -0.15) is 0 Å². The van der Waals surface area contributed by atoms with Crippen LogP contribution in [0.25, 0.3) is 0 Å². The molecule has 4 N–H and O–H groups in total. The van der Waals surface area contributed by atoms with Gasteiger partial charge in [0.25, 0.3) is 11.8 Å². The first kappa shape index (κ1) is 24.9. The summed E-state index contributed by atoms with van der Waals surface area (Å²) >= 11 is 3.60. The molecule has 17 heteroatoms. The average molecular weight is 507 g/mol. The third-order valence-electron chi connectivity index (χ3n) is 4.56. The van der Waals surface area contributed by atoms with Crippen LogP contribution in [0.3, 0.4) is 0 Å². The van der Waals surface area contributed by atoms with E-state index in [1.165, 1.54) is 33.6 Å². The number of aromatic nitrogens is 5. The van der Waals surface area contributed by atoms with Gasteiger partial charge in [0, 0.05) is 23.9 Å². The van der Waals surface area contributed by atoms with Crippen LogP contribution in [-0.2, 0) is 21.4 Å². The number of nitrogen functional groups attached to an aromatic ring is 1. The number of carboxylic acid groups (broad SMARTS) is 1. The Morgan fingerprint density at radius 1 is 1.50 bits per heavy atom. The van der Waals surface area contributed by atoms with Crippen LogP contribution in [-0.4, -0.2) is 75.9 Å². The largest absolute Gasteiger partial charge is 1.00 e. The van der Waals surface area contributed by atoms with Gasteiger partial charge in [0.1, 0.15) is 11.4 Å². The Morgan fingerprint density at radius 2 is 2.25 bits per heavy atom. The van der Waals surface area contributed by atoms with E-state index >= 15 is 0 Å². The van der Waals surface area contributed by atoms with E-state index in [2.05, 4.69) is 25.8 Å². The van der Waals surface area contributed by atoms with Crippen molar-refractivity contribution in [1.29, 1.82) is 0 Å². The number of anilines is 1. The van der Waals surface area contributed by atoms with Crippen LogP contribution in [0.4, 0.5) is 5.13 Å². The molecule has 4 rings (SSSR count). The van der Waals surface area contributed by atoms with E-state index in [0.717, 1.165) is 16.2 Å². The van der Waals surface area contributed by atoms with E-state index < -0.39 is 35.3 Å². The average Bonchev–Trinajstić information content (AvgIpc) is 3.36. The van der Waals surface area contributed by atoms with Crippen molar-refractivity contribution in [3.05, 3.63) is 22.3 Å². The summed E-state index contributed by atoms with van der Waals surface area (Å²) < 4.78 is 1.45. The number of carbonyl (C=O) groups is 3. The number of thiazole rings is 1. The molecular formula is C15H15N8NaO5S3. The number of carbonyl (C=O) groups excluding carboxylic acids is 3. The molecule has 4 heterocycles. The Morgan fingerprint density at radius 3 is 2.84 bits per heavy atom. The van der Waals surface area contributed by atoms with Crippen molar-refractivity contribution in [3.8, 4) is 0 Å². The van der Waals surface area contributed by atoms with Gasteiger partial charge in [-0.3, -0.25) is 14.5 Å². The maximum atomic E-state index is 12.7. The molecule has 1 fully saturated rings. The number of nitrogens with zero attached hydrogens (tertiary/aromatic N) is 6. The number of aliphatic carboxylic acids is 1. The van der Waals surface area contributed by atoms with Crippen LogP contribution in [0.5, 0.6) is 0 Å². The fourth-order valence-electron chi connectivity index (χ4n) is 3.07. The normalized spacial score (nSPS) is 20.8. The third kappa shape index (κ3) is 4.66. The number of aliphatic hydroxyl groups excluding tert-OH is 1. The molecule has 2 amide bonds.